The number of hydrogen-bond acceptors (Lipinski definition) is 5. The first-order valence-electron chi connectivity index (χ1n) is 8.65. The van der Waals surface area contributed by atoms with Gasteiger partial charge in [-0.3, -0.25) is 10.3 Å². The van der Waals surface area contributed by atoms with Crippen molar-refractivity contribution in [3.8, 4) is 0 Å². The summed E-state index contributed by atoms with van der Waals surface area (Å²) in [5.41, 5.74) is 1.78. The first-order chi connectivity index (χ1) is 12.6. The second-order valence-corrected chi connectivity index (χ2v) is 5.82. The minimum atomic E-state index is -0.479. The third-order valence-corrected chi connectivity index (χ3v) is 3.74. The van der Waals surface area contributed by atoms with Gasteiger partial charge in [-0.15, -0.1) is 0 Å². The fourth-order valence-electron chi connectivity index (χ4n) is 2.24. The van der Waals surface area contributed by atoms with Gasteiger partial charge in [-0.05, 0) is 31.2 Å². The minimum Gasteiger partial charge on any atom is -0.453 e. The standard InChI is InChI=1S/C18H31N5O3/c1-19-17(20-10-12-23(2)11-5-13-25-3)21-14-15-6-8-16(9-7-15)22-18(24)26-4/h6-9H,5,10-14H2,1-4H3,(H,22,24)(H2,19,20,21). The van der Waals surface area contributed by atoms with Gasteiger partial charge in [0.05, 0.1) is 7.11 Å². The van der Waals surface area contributed by atoms with Crippen LogP contribution in [0.3, 0.4) is 0 Å². The molecule has 0 atom stereocenters. The van der Waals surface area contributed by atoms with Crippen molar-refractivity contribution in [1.29, 1.82) is 0 Å². The van der Waals surface area contributed by atoms with Crippen LogP contribution in [-0.4, -0.2) is 71.5 Å². The van der Waals surface area contributed by atoms with Crippen molar-refractivity contribution in [3.05, 3.63) is 29.8 Å². The van der Waals surface area contributed by atoms with Gasteiger partial charge in [-0.25, -0.2) is 4.79 Å². The fourth-order valence-corrected chi connectivity index (χ4v) is 2.24. The van der Waals surface area contributed by atoms with E-state index < -0.39 is 6.09 Å². The van der Waals surface area contributed by atoms with Crippen LogP contribution in [0.5, 0.6) is 0 Å². The normalized spacial score (nSPS) is 11.3. The largest absolute Gasteiger partial charge is 0.453 e. The average molecular weight is 365 g/mol. The second kappa shape index (κ2) is 13.0. The zero-order chi connectivity index (χ0) is 19.2. The van der Waals surface area contributed by atoms with E-state index in [1.165, 1.54) is 7.11 Å². The van der Waals surface area contributed by atoms with Crippen molar-refractivity contribution in [2.75, 3.05) is 59.9 Å². The first kappa shape index (κ1) is 21.7. The summed E-state index contributed by atoms with van der Waals surface area (Å²) in [6.07, 6.45) is 0.550. The van der Waals surface area contributed by atoms with Gasteiger partial charge < -0.3 is 25.0 Å². The van der Waals surface area contributed by atoms with Gasteiger partial charge in [0, 0.05) is 52.6 Å². The number of rotatable bonds is 10. The fraction of sp³-hybridized carbons (Fsp3) is 0.556. The highest BCUT2D eigenvalue weighted by Crippen LogP contribution is 2.09. The molecule has 0 aliphatic rings. The molecule has 26 heavy (non-hydrogen) atoms. The number of likely N-dealkylation sites (N-methyl/N-ethyl adjacent to an activating group) is 1. The van der Waals surface area contributed by atoms with Gasteiger partial charge in [0.15, 0.2) is 5.96 Å². The van der Waals surface area contributed by atoms with Crippen LogP contribution < -0.4 is 16.0 Å². The quantitative estimate of drug-likeness (QED) is 0.331. The lowest BCUT2D eigenvalue weighted by Gasteiger charge is -2.18. The Morgan fingerprint density at radius 1 is 1.15 bits per heavy atom. The van der Waals surface area contributed by atoms with Crippen molar-refractivity contribution in [2.24, 2.45) is 4.99 Å². The number of ether oxygens (including phenoxy) is 2. The Morgan fingerprint density at radius 3 is 2.50 bits per heavy atom. The number of carbonyl (C=O) groups is 1. The second-order valence-electron chi connectivity index (χ2n) is 5.82. The molecule has 1 aromatic carbocycles. The van der Waals surface area contributed by atoms with Crippen LogP contribution in [0.4, 0.5) is 10.5 Å². The highest BCUT2D eigenvalue weighted by molar-refractivity contribution is 5.84. The van der Waals surface area contributed by atoms with Crippen LogP contribution in [0.25, 0.3) is 0 Å². The molecule has 1 amide bonds. The van der Waals surface area contributed by atoms with Crippen LogP contribution >= 0.6 is 0 Å². The summed E-state index contributed by atoms with van der Waals surface area (Å²) in [7, 11) is 6.91. The number of hydrogen-bond donors (Lipinski definition) is 3. The average Bonchev–Trinajstić information content (AvgIpc) is 2.65. The molecule has 0 bridgehead atoms. The molecule has 0 saturated carbocycles. The van der Waals surface area contributed by atoms with Gasteiger partial charge in [0.1, 0.15) is 0 Å². The van der Waals surface area contributed by atoms with Crippen molar-refractivity contribution in [1.82, 2.24) is 15.5 Å². The molecule has 0 radical (unpaired) electrons. The van der Waals surface area contributed by atoms with E-state index in [1.807, 2.05) is 24.3 Å². The number of anilines is 1. The summed E-state index contributed by atoms with van der Waals surface area (Å²) < 4.78 is 9.62. The SMILES string of the molecule is CN=C(NCCN(C)CCCOC)NCc1ccc(NC(=O)OC)cc1. The van der Waals surface area contributed by atoms with E-state index >= 15 is 0 Å². The number of carbonyl (C=O) groups excluding carboxylic acids is 1. The summed E-state index contributed by atoms with van der Waals surface area (Å²) in [4.78, 5) is 17.6. The maximum atomic E-state index is 11.2. The van der Waals surface area contributed by atoms with Gasteiger partial charge in [0.2, 0.25) is 0 Å². The lowest BCUT2D eigenvalue weighted by Crippen LogP contribution is -2.40. The molecule has 1 aromatic rings. The van der Waals surface area contributed by atoms with Crippen LogP contribution in [0.15, 0.2) is 29.3 Å². The molecule has 0 heterocycles. The Balaban J connectivity index is 2.30. The first-order valence-corrected chi connectivity index (χ1v) is 8.65. The van der Waals surface area contributed by atoms with E-state index in [4.69, 9.17) is 4.74 Å². The Hall–Kier alpha value is -2.32. The Kier molecular flexibility index (Phi) is 10.8. The van der Waals surface area contributed by atoms with E-state index in [0.717, 1.165) is 44.2 Å². The highest BCUT2D eigenvalue weighted by atomic mass is 16.5. The molecule has 146 valence electrons. The molecule has 0 unspecified atom stereocenters. The monoisotopic (exact) mass is 365 g/mol. The molecular weight excluding hydrogens is 334 g/mol. The van der Waals surface area contributed by atoms with Gasteiger partial charge in [0.25, 0.3) is 0 Å². The lowest BCUT2D eigenvalue weighted by atomic mass is 10.2. The number of nitrogens with zero attached hydrogens (tertiary/aromatic N) is 2. The predicted octanol–water partition coefficient (Wildman–Crippen LogP) is 1.50. The number of methoxy groups -OCH3 is 2. The summed E-state index contributed by atoms with van der Waals surface area (Å²) in [5, 5.41) is 9.19. The van der Waals surface area contributed by atoms with Crippen LogP contribution in [0, 0.1) is 0 Å². The topological polar surface area (TPSA) is 87.2 Å². The van der Waals surface area contributed by atoms with Crippen LogP contribution in [-0.2, 0) is 16.0 Å². The summed E-state index contributed by atoms with van der Waals surface area (Å²) in [6.45, 7) is 4.17. The van der Waals surface area contributed by atoms with Crippen molar-refractivity contribution in [3.63, 3.8) is 0 Å². The molecule has 8 nitrogen and oxygen atoms in total. The van der Waals surface area contributed by atoms with Crippen molar-refractivity contribution in [2.45, 2.75) is 13.0 Å². The maximum Gasteiger partial charge on any atom is 0.411 e. The molecular formula is C18H31N5O3. The molecule has 0 aromatic heterocycles. The molecule has 0 aliphatic carbocycles. The van der Waals surface area contributed by atoms with Crippen molar-refractivity contribution >= 4 is 17.7 Å². The number of guanidine groups is 1. The molecule has 0 fully saturated rings. The Bertz CT molecular complexity index is 548. The molecule has 1 rings (SSSR count). The van der Waals surface area contributed by atoms with E-state index in [-0.39, 0.29) is 0 Å². The number of nitrogens with one attached hydrogen (secondary N) is 3. The van der Waals surface area contributed by atoms with E-state index in [2.05, 4.69) is 37.6 Å². The molecule has 0 aliphatic heterocycles. The zero-order valence-electron chi connectivity index (χ0n) is 16.2. The highest BCUT2D eigenvalue weighted by Gasteiger charge is 2.03. The predicted molar refractivity (Wildman–Crippen MR) is 105 cm³/mol. The third-order valence-electron chi connectivity index (χ3n) is 3.74. The van der Waals surface area contributed by atoms with E-state index in [9.17, 15) is 4.79 Å². The zero-order valence-corrected chi connectivity index (χ0v) is 16.2. The van der Waals surface area contributed by atoms with E-state index in [0.29, 0.717) is 12.2 Å². The maximum absolute atomic E-state index is 11.2. The van der Waals surface area contributed by atoms with Gasteiger partial charge in [-0.1, -0.05) is 12.1 Å². The minimum absolute atomic E-state index is 0.479. The van der Waals surface area contributed by atoms with Crippen LogP contribution in [0.1, 0.15) is 12.0 Å². The molecule has 3 N–H and O–H groups in total. The number of amides is 1. The summed E-state index contributed by atoms with van der Waals surface area (Å²) >= 11 is 0. The van der Waals surface area contributed by atoms with Gasteiger partial charge >= 0.3 is 6.09 Å². The molecule has 0 saturated heterocycles. The number of benzene rings is 1. The lowest BCUT2D eigenvalue weighted by molar-refractivity contribution is 0.180. The van der Waals surface area contributed by atoms with E-state index in [1.54, 1.807) is 14.2 Å². The smallest absolute Gasteiger partial charge is 0.411 e. The Morgan fingerprint density at radius 2 is 1.88 bits per heavy atom. The molecule has 8 heteroatoms. The number of aliphatic imine (C=N–C) groups is 1. The summed E-state index contributed by atoms with van der Waals surface area (Å²) in [6, 6.07) is 7.54. The van der Waals surface area contributed by atoms with Gasteiger partial charge in [-0.2, -0.15) is 0 Å². The van der Waals surface area contributed by atoms with Crippen molar-refractivity contribution < 1.29 is 14.3 Å². The van der Waals surface area contributed by atoms with Crippen LogP contribution in [0.2, 0.25) is 0 Å². The Labute approximate surface area is 156 Å². The third kappa shape index (κ3) is 9.24. The molecule has 0 spiro atoms. The summed E-state index contributed by atoms with van der Waals surface area (Å²) in [5.74, 6) is 0.757.